The van der Waals surface area contributed by atoms with Gasteiger partial charge in [-0.25, -0.2) is 4.98 Å². The zero-order valence-corrected chi connectivity index (χ0v) is 10.9. The first kappa shape index (κ1) is 15.8. The topological polar surface area (TPSA) is 42.4 Å². The van der Waals surface area contributed by atoms with Crippen LogP contribution in [0.5, 0.6) is 5.88 Å². The van der Waals surface area contributed by atoms with Gasteiger partial charge in [0, 0.05) is 12.7 Å². The van der Waals surface area contributed by atoms with Gasteiger partial charge in [0.2, 0.25) is 5.88 Å². The molecule has 0 aliphatic heterocycles. The van der Waals surface area contributed by atoms with Crippen LogP contribution in [0.3, 0.4) is 0 Å². The molecular weight excluding hydrogens is 259 g/mol. The second-order valence-corrected chi connectivity index (χ2v) is 4.41. The molecule has 0 bridgehead atoms. The molecule has 0 aliphatic rings. The van der Waals surface area contributed by atoms with E-state index in [0.717, 1.165) is 6.07 Å². The highest BCUT2D eigenvalue weighted by molar-refractivity contribution is 5.18. The lowest BCUT2D eigenvalue weighted by Crippen LogP contribution is -2.25. The smallest absolute Gasteiger partial charge is 0.433 e. The van der Waals surface area contributed by atoms with Crippen molar-refractivity contribution < 1.29 is 23.0 Å². The molecule has 0 saturated carbocycles. The average Bonchev–Trinajstić information content (AvgIpc) is 2.35. The normalized spacial score (nSPS) is 15.1. The molecule has 1 aromatic rings. The largest absolute Gasteiger partial charge is 0.474 e. The van der Waals surface area contributed by atoms with Crippen LogP contribution in [0.2, 0.25) is 0 Å². The number of aliphatic hydroxyl groups excluding tert-OH is 1. The molecular formula is C13H18F3NO2. The number of hydrogen-bond acceptors (Lipinski definition) is 3. The Balaban J connectivity index is 2.80. The molecule has 0 amide bonds. The lowest BCUT2D eigenvalue weighted by molar-refractivity contribution is -0.141. The Bertz CT molecular complexity index is 396. The molecule has 108 valence electrons. The van der Waals surface area contributed by atoms with Crippen LogP contribution < -0.4 is 4.74 Å². The molecule has 0 aromatic carbocycles. The Hall–Kier alpha value is -1.30. The van der Waals surface area contributed by atoms with Gasteiger partial charge in [-0.1, -0.05) is 19.9 Å². The number of rotatable bonds is 6. The lowest BCUT2D eigenvalue weighted by atomic mass is 9.99. The van der Waals surface area contributed by atoms with E-state index in [2.05, 4.69) is 4.98 Å². The van der Waals surface area contributed by atoms with Gasteiger partial charge in [-0.3, -0.25) is 0 Å². The summed E-state index contributed by atoms with van der Waals surface area (Å²) in [7, 11) is 0. The average molecular weight is 277 g/mol. The summed E-state index contributed by atoms with van der Waals surface area (Å²) in [5, 5.41) is 8.88. The highest BCUT2D eigenvalue weighted by Gasteiger charge is 2.32. The highest BCUT2D eigenvalue weighted by Crippen LogP contribution is 2.29. The van der Waals surface area contributed by atoms with E-state index >= 15 is 0 Å². The van der Waals surface area contributed by atoms with Crippen molar-refractivity contribution in [3.8, 4) is 5.88 Å². The summed E-state index contributed by atoms with van der Waals surface area (Å²) in [5.41, 5.74) is -0.963. The van der Waals surface area contributed by atoms with Crippen molar-refractivity contribution >= 4 is 0 Å². The molecule has 1 heterocycles. The third-order valence-electron chi connectivity index (χ3n) is 2.91. The summed E-state index contributed by atoms with van der Waals surface area (Å²) in [5.74, 6) is 0.0119. The number of hydrogen-bond donors (Lipinski definition) is 1. The van der Waals surface area contributed by atoms with Gasteiger partial charge in [-0.15, -0.1) is 0 Å². The van der Waals surface area contributed by atoms with E-state index in [1.54, 1.807) is 0 Å². The summed E-state index contributed by atoms with van der Waals surface area (Å²) in [4.78, 5) is 3.46. The number of halogens is 3. The minimum absolute atomic E-state index is 0.0248. The van der Waals surface area contributed by atoms with Gasteiger partial charge in [-0.05, 0) is 24.8 Å². The molecule has 1 rings (SSSR count). The fraction of sp³-hybridized carbons (Fsp3) is 0.615. The van der Waals surface area contributed by atoms with E-state index in [1.807, 2.05) is 13.8 Å². The number of pyridine rings is 1. The predicted octanol–water partition coefficient (Wildman–Crippen LogP) is 3.28. The van der Waals surface area contributed by atoms with Crippen molar-refractivity contribution in [1.29, 1.82) is 0 Å². The SMILES string of the molecule is CC[C@@H](Oc1cccc(C(F)(F)F)n1)[C@@H](C)CCO. The molecule has 0 unspecified atom stereocenters. The van der Waals surface area contributed by atoms with E-state index in [4.69, 9.17) is 9.84 Å². The van der Waals surface area contributed by atoms with Gasteiger partial charge >= 0.3 is 6.18 Å². The van der Waals surface area contributed by atoms with Crippen LogP contribution in [0.4, 0.5) is 13.2 Å². The maximum absolute atomic E-state index is 12.5. The Morgan fingerprint density at radius 2 is 2.05 bits per heavy atom. The van der Waals surface area contributed by atoms with Gasteiger partial charge in [0.25, 0.3) is 0 Å². The van der Waals surface area contributed by atoms with E-state index in [-0.39, 0.29) is 24.5 Å². The standard InChI is InChI=1S/C13H18F3NO2/c1-3-10(9(2)7-8-18)19-12-6-4-5-11(17-12)13(14,15)16/h4-6,9-10,18H,3,7-8H2,1-2H3/t9-,10+/m0/s1. The number of aliphatic hydroxyl groups is 1. The first-order valence-electron chi connectivity index (χ1n) is 6.20. The molecule has 1 N–H and O–H groups in total. The first-order chi connectivity index (χ1) is 8.88. The minimum Gasteiger partial charge on any atom is -0.474 e. The van der Waals surface area contributed by atoms with Crippen LogP contribution in [0.15, 0.2) is 18.2 Å². The number of aromatic nitrogens is 1. The second kappa shape index (κ2) is 6.75. The zero-order valence-electron chi connectivity index (χ0n) is 10.9. The van der Waals surface area contributed by atoms with Crippen LogP contribution >= 0.6 is 0 Å². The Labute approximate surface area is 110 Å². The maximum atomic E-state index is 12.5. The molecule has 6 heteroatoms. The molecule has 0 aliphatic carbocycles. The molecule has 3 nitrogen and oxygen atoms in total. The maximum Gasteiger partial charge on any atom is 0.433 e. The van der Waals surface area contributed by atoms with Crippen LogP contribution in [0.25, 0.3) is 0 Å². The summed E-state index contributed by atoms with van der Waals surface area (Å²) in [6.45, 7) is 3.79. The minimum atomic E-state index is -4.47. The van der Waals surface area contributed by atoms with Gasteiger partial charge in [0.15, 0.2) is 0 Å². The third-order valence-corrected chi connectivity index (χ3v) is 2.91. The van der Waals surface area contributed by atoms with Gasteiger partial charge in [0.1, 0.15) is 11.8 Å². The summed E-state index contributed by atoms with van der Waals surface area (Å²) < 4.78 is 43.0. The quantitative estimate of drug-likeness (QED) is 0.867. The summed E-state index contributed by atoms with van der Waals surface area (Å²) in [6.07, 6.45) is -3.56. The first-order valence-corrected chi connectivity index (χ1v) is 6.20. The number of nitrogens with zero attached hydrogens (tertiary/aromatic N) is 1. The fourth-order valence-electron chi connectivity index (χ4n) is 1.78. The molecule has 0 spiro atoms. The third kappa shape index (κ3) is 4.70. The van der Waals surface area contributed by atoms with Gasteiger partial charge < -0.3 is 9.84 Å². The van der Waals surface area contributed by atoms with E-state index in [1.165, 1.54) is 12.1 Å². The fourth-order valence-corrected chi connectivity index (χ4v) is 1.78. The molecule has 19 heavy (non-hydrogen) atoms. The van der Waals surface area contributed by atoms with Crippen molar-refractivity contribution in [2.45, 2.75) is 39.0 Å². The molecule has 0 fully saturated rings. The van der Waals surface area contributed by atoms with Gasteiger partial charge in [-0.2, -0.15) is 13.2 Å². The van der Waals surface area contributed by atoms with E-state index in [0.29, 0.717) is 12.8 Å². The molecule has 0 radical (unpaired) electrons. The van der Waals surface area contributed by atoms with Crippen LogP contribution in [0.1, 0.15) is 32.4 Å². The van der Waals surface area contributed by atoms with Gasteiger partial charge in [0.05, 0.1) is 0 Å². The Morgan fingerprint density at radius 1 is 1.37 bits per heavy atom. The monoisotopic (exact) mass is 277 g/mol. The molecule has 0 saturated heterocycles. The Kier molecular flexibility index (Phi) is 5.60. The number of alkyl halides is 3. The second-order valence-electron chi connectivity index (χ2n) is 4.41. The lowest BCUT2D eigenvalue weighted by Gasteiger charge is -2.23. The van der Waals surface area contributed by atoms with Crippen molar-refractivity contribution in [2.75, 3.05) is 6.61 Å². The van der Waals surface area contributed by atoms with Crippen molar-refractivity contribution in [2.24, 2.45) is 5.92 Å². The van der Waals surface area contributed by atoms with Crippen molar-refractivity contribution in [3.63, 3.8) is 0 Å². The van der Waals surface area contributed by atoms with E-state index in [9.17, 15) is 13.2 Å². The Morgan fingerprint density at radius 3 is 2.58 bits per heavy atom. The number of ether oxygens (including phenoxy) is 1. The van der Waals surface area contributed by atoms with Crippen molar-refractivity contribution in [3.05, 3.63) is 23.9 Å². The summed E-state index contributed by atoms with van der Waals surface area (Å²) >= 11 is 0. The summed E-state index contributed by atoms with van der Waals surface area (Å²) in [6, 6.07) is 3.59. The van der Waals surface area contributed by atoms with E-state index < -0.39 is 11.9 Å². The zero-order chi connectivity index (χ0) is 14.5. The molecule has 1 aromatic heterocycles. The molecule has 2 atom stereocenters. The van der Waals surface area contributed by atoms with Crippen LogP contribution in [0, 0.1) is 5.92 Å². The van der Waals surface area contributed by atoms with Crippen molar-refractivity contribution in [1.82, 2.24) is 4.98 Å². The predicted molar refractivity (Wildman–Crippen MR) is 64.8 cm³/mol. The van der Waals surface area contributed by atoms with Crippen LogP contribution in [-0.2, 0) is 6.18 Å². The highest BCUT2D eigenvalue weighted by atomic mass is 19.4. The van der Waals surface area contributed by atoms with Crippen LogP contribution in [-0.4, -0.2) is 22.8 Å².